The smallest absolute Gasteiger partial charge is 0.306 e. The third kappa shape index (κ3) is 20.3. The summed E-state index contributed by atoms with van der Waals surface area (Å²) in [6, 6.07) is 15.2. The highest BCUT2D eigenvalue weighted by Crippen LogP contribution is 2.28. The van der Waals surface area contributed by atoms with Crippen LogP contribution in [0.25, 0.3) is 11.1 Å². The van der Waals surface area contributed by atoms with Gasteiger partial charge in [0.1, 0.15) is 12.4 Å². The van der Waals surface area contributed by atoms with E-state index in [-0.39, 0.29) is 5.97 Å². The van der Waals surface area contributed by atoms with E-state index in [1.165, 1.54) is 145 Å². The number of alkyl halides is 1. The lowest BCUT2D eigenvalue weighted by Gasteiger charge is -2.13. The van der Waals surface area contributed by atoms with Crippen LogP contribution < -0.4 is 4.74 Å². The molecular formula is C42H67ClO3. The predicted octanol–water partition coefficient (Wildman–Crippen LogP) is 13.6. The fourth-order valence-electron chi connectivity index (χ4n) is 6.07. The van der Waals surface area contributed by atoms with Gasteiger partial charge in [-0.2, -0.15) is 0 Å². The number of esters is 1. The third-order valence-corrected chi connectivity index (χ3v) is 9.27. The monoisotopic (exact) mass is 654 g/mol. The van der Waals surface area contributed by atoms with Gasteiger partial charge in [-0.05, 0) is 60.1 Å². The standard InChI is InChI=1S/C42H67ClO3/c1-3-5-7-9-11-13-14-15-16-17-18-20-22-25-38-33-40(35-41(34-38)45-32-23-21-19-12-10-8-6-4-2)39-29-27-37(28-30-39)36-46-42(44)26-24-31-43/h27-30,33-35H,3-26,31-32,36H2,1-2H3. The lowest BCUT2D eigenvalue weighted by molar-refractivity contribution is -0.144. The van der Waals surface area contributed by atoms with Gasteiger partial charge in [-0.15, -0.1) is 11.6 Å². The highest BCUT2D eigenvalue weighted by Gasteiger charge is 2.08. The van der Waals surface area contributed by atoms with Gasteiger partial charge in [-0.1, -0.05) is 166 Å². The van der Waals surface area contributed by atoms with Crippen molar-refractivity contribution in [3.8, 4) is 16.9 Å². The minimum absolute atomic E-state index is 0.191. The molecule has 2 aromatic carbocycles. The number of benzene rings is 2. The van der Waals surface area contributed by atoms with Crippen LogP contribution in [-0.2, 0) is 22.6 Å². The molecule has 0 saturated carbocycles. The Morgan fingerprint density at radius 1 is 0.565 bits per heavy atom. The van der Waals surface area contributed by atoms with Crippen LogP contribution in [0.5, 0.6) is 5.75 Å². The van der Waals surface area contributed by atoms with Gasteiger partial charge >= 0.3 is 5.97 Å². The molecule has 4 heteroatoms. The molecule has 0 aliphatic rings. The van der Waals surface area contributed by atoms with Crippen molar-refractivity contribution in [3.63, 3.8) is 0 Å². The minimum atomic E-state index is -0.191. The summed E-state index contributed by atoms with van der Waals surface area (Å²) >= 11 is 5.69. The molecule has 2 rings (SSSR count). The van der Waals surface area contributed by atoms with E-state index in [1.807, 2.05) is 0 Å². The summed E-state index contributed by atoms with van der Waals surface area (Å²) in [5.41, 5.74) is 4.73. The van der Waals surface area contributed by atoms with Crippen LogP contribution in [-0.4, -0.2) is 18.5 Å². The molecule has 0 heterocycles. The Morgan fingerprint density at radius 2 is 1.09 bits per heavy atom. The first-order valence-electron chi connectivity index (χ1n) is 19.2. The molecule has 0 bridgehead atoms. The maximum Gasteiger partial charge on any atom is 0.306 e. The summed E-state index contributed by atoms with van der Waals surface area (Å²) < 4.78 is 11.7. The van der Waals surface area contributed by atoms with E-state index in [2.05, 4.69) is 56.3 Å². The van der Waals surface area contributed by atoms with Crippen LogP contribution in [0.3, 0.4) is 0 Å². The van der Waals surface area contributed by atoms with Crippen molar-refractivity contribution in [1.82, 2.24) is 0 Å². The van der Waals surface area contributed by atoms with Crippen molar-refractivity contribution in [1.29, 1.82) is 0 Å². The number of hydrogen-bond acceptors (Lipinski definition) is 3. The fraction of sp³-hybridized carbons (Fsp3) is 0.690. The number of ether oxygens (including phenoxy) is 2. The Hall–Kier alpha value is -2.00. The second-order valence-electron chi connectivity index (χ2n) is 13.3. The van der Waals surface area contributed by atoms with Crippen LogP contribution in [0, 0.1) is 0 Å². The average Bonchev–Trinajstić information content (AvgIpc) is 3.08. The molecule has 3 nitrogen and oxygen atoms in total. The molecule has 0 aromatic heterocycles. The van der Waals surface area contributed by atoms with Crippen LogP contribution in [0.2, 0.25) is 0 Å². The Bertz CT molecular complexity index is 1000. The topological polar surface area (TPSA) is 35.5 Å². The van der Waals surface area contributed by atoms with Crippen molar-refractivity contribution < 1.29 is 14.3 Å². The van der Waals surface area contributed by atoms with E-state index >= 15 is 0 Å². The molecule has 0 radical (unpaired) electrons. The minimum Gasteiger partial charge on any atom is -0.494 e. The van der Waals surface area contributed by atoms with Gasteiger partial charge in [0, 0.05) is 12.3 Å². The molecule has 260 valence electrons. The predicted molar refractivity (Wildman–Crippen MR) is 199 cm³/mol. The van der Waals surface area contributed by atoms with Crippen LogP contribution in [0.15, 0.2) is 42.5 Å². The molecular weight excluding hydrogens is 588 g/mol. The van der Waals surface area contributed by atoms with Crippen molar-refractivity contribution in [2.75, 3.05) is 12.5 Å². The molecule has 0 saturated heterocycles. The van der Waals surface area contributed by atoms with Crippen LogP contribution >= 0.6 is 11.6 Å². The van der Waals surface area contributed by atoms with Crippen molar-refractivity contribution in [2.45, 2.75) is 175 Å². The Labute approximate surface area is 288 Å². The summed E-state index contributed by atoms with van der Waals surface area (Å²) in [5.74, 6) is 1.28. The van der Waals surface area contributed by atoms with E-state index in [9.17, 15) is 4.79 Å². The summed E-state index contributed by atoms with van der Waals surface area (Å²) in [5, 5.41) is 0. The van der Waals surface area contributed by atoms with Gasteiger partial charge in [0.25, 0.3) is 0 Å². The van der Waals surface area contributed by atoms with E-state index in [0.717, 1.165) is 30.8 Å². The number of unbranched alkanes of at least 4 members (excludes halogenated alkanes) is 19. The first-order valence-corrected chi connectivity index (χ1v) is 19.8. The van der Waals surface area contributed by atoms with E-state index in [0.29, 0.717) is 25.3 Å². The molecule has 0 amide bonds. The van der Waals surface area contributed by atoms with E-state index in [4.69, 9.17) is 21.1 Å². The van der Waals surface area contributed by atoms with E-state index in [1.54, 1.807) is 0 Å². The number of rotatable bonds is 30. The molecule has 0 fully saturated rings. The quantitative estimate of drug-likeness (QED) is 0.0477. The molecule has 0 unspecified atom stereocenters. The molecule has 0 aliphatic heterocycles. The number of carbonyl (C=O) groups excluding carboxylic acids is 1. The Morgan fingerprint density at radius 3 is 1.63 bits per heavy atom. The summed E-state index contributed by atoms with van der Waals surface area (Å²) in [7, 11) is 0. The SMILES string of the molecule is CCCCCCCCCCCCCCCc1cc(OCCCCCCCCCC)cc(-c2ccc(COC(=O)CCCCl)cc2)c1. The molecule has 0 atom stereocenters. The lowest BCUT2D eigenvalue weighted by Crippen LogP contribution is -2.04. The zero-order chi connectivity index (χ0) is 32.9. The summed E-state index contributed by atoms with van der Waals surface area (Å²) in [4.78, 5) is 11.9. The zero-order valence-electron chi connectivity index (χ0n) is 29.7. The Kier molecular flexibility index (Phi) is 24.5. The second kappa shape index (κ2) is 28.1. The second-order valence-corrected chi connectivity index (χ2v) is 13.7. The maximum absolute atomic E-state index is 11.9. The number of halogens is 1. The molecule has 0 spiro atoms. The highest BCUT2D eigenvalue weighted by atomic mass is 35.5. The summed E-state index contributed by atoms with van der Waals surface area (Å²) in [6.45, 7) is 5.65. The van der Waals surface area contributed by atoms with Crippen LogP contribution in [0.4, 0.5) is 0 Å². The van der Waals surface area contributed by atoms with Gasteiger partial charge in [0.2, 0.25) is 0 Å². The van der Waals surface area contributed by atoms with Gasteiger partial charge in [0.05, 0.1) is 6.61 Å². The highest BCUT2D eigenvalue weighted by molar-refractivity contribution is 6.17. The average molecular weight is 655 g/mol. The maximum atomic E-state index is 11.9. The Balaban J connectivity index is 1.83. The number of aryl methyl sites for hydroxylation is 1. The van der Waals surface area contributed by atoms with Gasteiger partial charge in [-0.25, -0.2) is 0 Å². The molecule has 2 aromatic rings. The summed E-state index contributed by atoms with van der Waals surface area (Å²) in [6.07, 6.45) is 30.5. The molecule has 46 heavy (non-hydrogen) atoms. The number of carbonyl (C=O) groups is 1. The largest absolute Gasteiger partial charge is 0.494 e. The fourth-order valence-corrected chi connectivity index (χ4v) is 6.20. The van der Waals surface area contributed by atoms with E-state index < -0.39 is 0 Å². The molecule has 0 aliphatic carbocycles. The third-order valence-electron chi connectivity index (χ3n) is 9.00. The normalized spacial score (nSPS) is 11.2. The first kappa shape index (κ1) is 40.2. The zero-order valence-corrected chi connectivity index (χ0v) is 30.5. The molecule has 0 N–H and O–H groups in total. The van der Waals surface area contributed by atoms with Gasteiger partial charge in [0.15, 0.2) is 0 Å². The van der Waals surface area contributed by atoms with Crippen LogP contribution in [0.1, 0.15) is 173 Å². The van der Waals surface area contributed by atoms with Crippen molar-refractivity contribution in [3.05, 3.63) is 53.6 Å². The first-order chi connectivity index (χ1) is 22.7. The number of hydrogen-bond donors (Lipinski definition) is 0. The van der Waals surface area contributed by atoms with Gasteiger partial charge < -0.3 is 9.47 Å². The lowest BCUT2D eigenvalue weighted by atomic mass is 9.98. The van der Waals surface area contributed by atoms with Gasteiger partial charge in [-0.3, -0.25) is 4.79 Å². The van der Waals surface area contributed by atoms with Crippen molar-refractivity contribution in [2.24, 2.45) is 0 Å². The van der Waals surface area contributed by atoms with Crippen molar-refractivity contribution >= 4 is 17.6 Å².